The van der Waals surface area contributed by atoms with Crippen molar-refractivity contribution < 1.29 is 4.79 Å². The summed E-state index contributed by atoms with van der Waals surface area (Å²) in [7, 11) is 0. The summed E-state index contributed by atoms with van der Waals surface area (Å²) in [6.07, 6.45) is 7.68. The molecule has 120 valence electrons. The topological polar surface area (TPSA) is 83.9 Å². The Morgan fingerprint density at radius 3 is 2.83 bits per heavy atom. The summed E-state index contributed by atoms with van der Waals surface area (Å²) in [4.78, 5) is 23.1. The predicted molar refractivity (Wildman–Crippen MR) is 87.5 cm³/mol. The molecule has 1 aliphatic heterocycles. The van der Waals surface area contributed by atoms with E-state index in [9.17, 15) is 4.79 Å². The van der Waals surface area contributed by atoms with Gasteiger partial charge in [-0.25, -0.2) is 9.97 Å². The Labute approximate surface area is 138 Å². The van der Waals surface area contributed by atoms with Gasteiger partial charge in [-0.1, -0.05) is 11.3 Å². The number of nitrogens with one attached hydrogen (secondary N) is 1. The Morgan fingerprint density at radius 1 is 1.22 bits per heavy atom. The van der Waals surface area contributed by atoms with Crippen LogP contribution in [0.25, 0.3) is 0 Å². The van der Waals surface area contributed by atoms with E-state index in [2.05, 4.69) is 30.4 Å². The first-order valence-electron chi connectivity index (χ1n) is 7.96. The molecule has 0 radical (unpaired) electrons. The van der Waals surface area contributed by atoms with Crippen LogP contribution in [0.15, 0.2) is 18.5 Å². The van der Waals surface area contributed by atoms with Crippen LogP contribution in [-0.4, -0.2) is 39.2 Å². The molecule has 1 atom stereocenters. The van der Waals surface area contributed by atoms with Crippen LogP contribution in [0.5, 0.6) is 0 Å². The summed E-state index contributed by atoms with van der Waals surface area (Å²) < 4.78 is 0. The number of piperidine rings is 1. The molecule has 0 spiro atoms. The van der Waals surface area contributed by atoms with Crippen LogP contribution in [-0.2, 0) is 4.79 Å². The SMILES string of the molecule is O=C(Nc1nnc(C2CC2)s1)C1CCCN(c2ncccn2)C1. The van der Waals surface area contributed by atoms with Crippen molar-refractivity contribution in [3.05, 3.63) is 23.5 Å². The van der Waals surface area contributed by atoms with E-state index < -0.39 is 0 Å². The van der Waals surface area contributed by atoms with Gasteiger partial charge in [-0.05, 0) is 31.7 Å². The summed E-state index contributed by atoms with van der Waals surface area (Å²) in [6.45, 7) is 1.53. The van der Waals surface area contributed by atoms with Crippen molar-refractivity contribution in [3.8, 4) is 0 Å². The molecule has 1 amide bonds. The Bertz CT molecular complexity index is 686. The van der Waals surface area contributed by atoms with Crippen LogP contribution in [0.2, 0.25) is 0 Å². The molecule has 1 saturated carbocycles. The van der Waals surface area contributed by atoms with Crippen molar-refractivity contribution in [1.82, 2.24) is 20.2 Å². The number of rotatable bonds is 4. The van der Waals surface area contributed by atoms with Crippen LogP contribution < -0.4 is 10.2 Å². The summed E-state index contributed by atoms with van der Waals surface area (Å²) >= 11 is 1.50. The summed E-state index contributed by atoms with van der Waals surface area (Å²) in [6, 6.07) is 1.80. The van der Waals surface area contributed by atoms with Gasteiger partial charge in [0.05, 0.1) is 5.92 Å². The quantitative estimate of drug-likeness (QED) is 0.924. The minimum absolute atomic E-state index is 0.0177. The molecule has 4 rings (SSSR count). The molecule has 1 N–H and O–H groups in total. The van der Waals surface area contributed by atoms with E-state index in [0.717, 1.165) is 24.4 Å². The maximum absolute atomic E-state index is 12.5. The fraction of sp³-hybridized carbons (Fsp3) is 0.533. The number of carbonyl (C=O) groups is 1. The molecule has 1 unspecified atom stereocenters. The van der Waals surface area contributed by atoms with Crippen molar-refractivity contribution >= 4 is 28.3 Å². The number of nitrogens with zero attached hydrogens (tertiary/aromatic N) is 5. The Hall–Kier alpha value is -2.09. The van der Waals surface area contributed by atoms with Crippen molar-refractivity contribution in [2.24, 2.45) is 5.92 Å². The molecule has 8 heteroatoms. The first-order valence-corrected chi connectivity index (χ1v) is 8.77. The van der Waals surface area contributed by atoms with Gasteiger partial charge in [0.15, 0.2) is 0 Å². The highest BCUT2D eigenvalue weighted by Gasteiger charge is 2.30. The van der Waals surface area contributed by atoms with Gasteiger partial charge in [0.25, 0.3) is 0 Å². The Balaban J connectivity index is 1.39. The number of hydrogen-bond donors (Lipinski definition) is 1. The second kappa shape index (κ2) is 6.19. The average Bonchev–Trinajstić information content (AvgIpc) is 3.36. The fourth-order valence-electron chi connectivity index (χ4n) is 2.82. The van der Waals surface area contributed by atoms with Crippen LogP contribution in [0.3, 0.4) is 0 Å². The molecule has 23 heavy (non-hydrogen) atoms. The molecule has 1 saturated heterocycles. The molecule has 2 fully saturated rings. The lowest BCUT2D eigenvalue weighted by Gasteiger charge is -2.31. The smallest absolute Gasteiger partial charge is 0.231 e. The van der Waals surface area contributed by atoms with Crippen LogP contribution >= 0.6 is 11.3 Å². The van der Waals surface area contributed by atoms with E-state index in [4.69, 9.17) is 0 Å². The first kappa shape index (κ1) is 14.5. The van der Waals surface area contributed by atoms with Crippen molar-refractivity contribution in [2.45, 2.75) is 31.6 Å². The minimum Gasteiger partial charge on any atom is -0.340 e. The van der Waals surface area contributed by atoms with E-state index in [-0.39, 0.29) is 11.8 Å². The highest BCUT2D eigenvalue weighted by molar-refractivity contribution is 7.15. The first-order chi connectivity index (χ1) is 11.3. The largest absolute Gasteiger partial charge is 0.340 e. The third-order valence-corrected chi connectivity index (χ3v) is 5.23. The lowest BCUT2D eigenvalue weighted by molar-refractivity contribution is -0.120. The zero-order valence-corrected chi connectivity index (χ0v) is 13.5. The van der Waals surface area contributed by atoms with Gasteiger partial charge in [-0.15, -0.1) is 10.2 Å². The highest BCUT2D eigenvalue weighted by Crippen LogP contribution is 2.42. The molecule has 7 nitrogen and oxygen atoms in total. The van der Waals surface area contributed by atoms with Crippen LogP contribution in [0, 0.1) is 5.92 Å². The van der Waals surface area contributed by atoms with Gasteiger partial charge in [0.2, 0.25) is 17.0 Å². The van der Waals surface area contributed by atoms with Crippen molar-refractivity contribution in [2.75, 3.05) is 23.3 Å². The summed E-state index contributed by atoms with van der Waals surface area (Å²) in [5.74, 6) is 1.21. The van der Waals surface area contributed by atoms with E-state index in [1.165, 1.54) is 24.2 Å². The lowest BCUT2D eigenvalue weighted by Crippen LogP contribution is -2.41. The van der Waals surface area contributed by atoms with E-state index in [1.807, 2.05) is 0 Å². The zero-order chi connectivity index (χ0) is 15.6. The van der Waals surface area contributed by atoms with Gasteiger partial charge in [-0.3, -0.25) is 4.79 Å². The molecule has 0 bridgehead atoms. The predicted octanol–water partition coefficient (Wildman–Crippen LogP) is 2.06. The van der Waals surface area contributed by atoms with E-state index in [1.54, 1.807) is 18.5 Å². The van der Waals surface area contributed by atoms with Gasteiger partial charge >= 0.3 is 0 Å². The Morgan fingerprint density at radius 2 is 2.04 bits per heavy atom. The maximum atomic E-state index is 12.5. The van der Waals surface area contributed by atoms with Crippen molar-refractivity contribution in [1.29, 1.82) is 0 Å². The average molecular weight is 330 g/mol. The molecule has 0 aromatic carbocycles. The van der Waals surface area contributed by atoms with Gasteiger partial charge < -0.3 is 10.2 Å². The number of aromatic nitrogens is 4. The number of anilines is 2. The Kier molecular flexibility index (Phi) is 3.90. The van der Waals surface area contributed by atoms with Crippen LogP contribution in [0.1, 0.15) is 36.6 Å². The molecule has 2 aromatic heterocycles. The minimum atomic E-state index is -0.0687. The van der Waals surface area contributed by atoms with Gasteiger partial charge in [-0.2, -0.15) is 0 Å². The highest BCUT2D eigenvalue weighted by atomic mass is 32.1. The normalized spacial score (nSPS) is 21.2. The monoisotopic (exact) mass is 330 g/mol. The molecular formula is C15H18N6OS. The number of hydrogen-bond acceptors (Lipinski definition) is 7. The number of amides is 1. The molecule has 2 aromatic rings. The zero-order valence-electron chi connectivity index (χ0n) is 12.7. The van der Waals surface area contributed by atoms with E-state index >= 15 is 0 Å². The standard InChI is InChI=1S/C15H18N6OS/c22-12(18-15-20-19-13(23-15)10-4-5-10)11-3-1-8-21(9-11)14-16-6-2-7-17-14/h2,6-7,10-11H,1,3-5,8-9H2,(H,18,20,22). The van der Waals surface area contributed by atoms with Gasteiger partial charge in [0.1, 0.15) is 5.01 Å². The third kappa shape index (κ3) is 3.31. The van der Waals surface area contributed by atoms with Crippen LogP contribution in [0.4, 0.5) is 11.1 Å². The maximum Gasteiger partial charge on any atom is 0.231 e. The molecule has 1 aliphatic carbocycles. The van der Waals surface area contributed by atoms with Gasteiger partial charge in [0, 0.05) is 31.4 Å². The second-order valence-corrected chi connectivity index (χ2v) is 7.05. The molecule has 3 heterocycles. The summed E-state index contributed by atoms with van der Waals surface area (Å²) in [5, 5.41) is 12.8. The summed E-state index contributed by atoms with van der Waals surface area (Å²) in [5.41, 5.74) is 0. The molecule has 2 aliphatic rings. The number of carbonyl (C=O) groups excluding carboxylic acids is 1. The van der Waals surface area contributed by atoms with Crippen molar-refractivity contribution in [3.63, 3.8) is 0 Å². The third-order valence-electron chi connectivity index (χ3n) is 4.22. The lowest BCUT2D eigenvalue weighted by atomic mass is 9.97. The second-order valence-electron chi connectivity index (χ2n) is 6.04. The molecular weight excluding hydrogens is 312 g/mol. The fourth-order valence-corrected chi connectivity index (χ4v) is 3.73. The van der Waals surface area contributed by atoms with E-state index in [0.29, 0.717) is 23.5 Å².